The van der Waals surface area contributed by atoms with Gasteiger partial charge in [-0.2, -0.15) is 0 Å². The predicted molar refractivity (Wildman–Crippen MR) is 118 cm³/mol. The summed E-state index contributed by atoms with van der Waals surface area (Å²) >= 11 is 7.85. The fourth-order valence-electron chi connectivity index (χ4n) is 3.30. The molecule has 1 aliphatic carbocycles. The molecule has 2 aromatic carbocycles. The van der Waals surface area contributed by atoms with Crippen molar-refractivity contribution in [2.45, 2.75) is 43.5 Å². The molecule has 6 heteroatoms. The van der Waals surface area contributed by atoms with Crippen LogP contribution in [-0.2, 0) is 4.79 Å². The number of carboxylic acid groups (broad SMARTS) is 1. The predicted octanol–water partition coefficient (Wildman–Crippen LogP) is 5.39. The molecule has 1 saturated carbocycles. The van der Waals surface area contributed by atoms with Gasteiger partial charge in [0.15, 0.2) is 6.61 Å². The summed E-state index contributed by atoms with van der Waals surface area (Å²) in [7, 11) is 2.16. The zero-order valence-electron chi connectivity index (χ0n) is 16.6. The molecule has 2 aromatic rings. The SMILES string of the molecule is Cc1ccc(SN(C)C2CCCC2)cc1C#Cc1cc(Cl)ccc1OCC(=O)O. The van der Waals surface area contributed by atoms with Crippen LogP contribution in [0.15, 0.2) is 41.3 Å². The first-order chi connectivity index (χ1) is 13.9. The Labute approximate surface area is 181 Å². The van der Waals surface area contributed by atoms with Crippen molar-refractivity contribution in [3.05, 3.63) is 58.1 Å². The van der Waals surface area contributed by atoms with E-state index >= 15 is 0 Å². The Balaban J connectivity index is 1.81. The Hall–Kier alpha value is -2.13. The van der Waals surface area contributed by atoms with Gasteiger partial charge in [0.2, 0.25) is 0 Å². The lowest BCUT2D eigenvalue weighted by molar-refractivity contribution is -0.139. The van der Waals surface area contributed by atoms with Gasteiger partial charge in [-0.15, -0.1) is 0 Å². The van der Waals surface area contributed by atoms with E-state index in [2.05, 4.69) is 41.4 Å². The van der Waals surface area contributed by atoms with E-state index in [0.717, 1.165) is 16.0 Å². The summed E-state index contributed by atoms with van der Waals surface area (Å²) in [5, 5.41) is 9.38. The first-order valence-electron chi connectivity index (χ1n) is 9.60. The average molecular weight is 430 g/mol. The Morgan fingerprint density at radius 1 is 1.21 bits per heavy atom. The van der Waals surface area contributed by atoms with Crippen molar-refractivity contribution >= 4 is 29.5 Å². The number of halogens is 1. The molecule has 0 unspecified atom stereocenters. The zero-order valence-corrected chi connectivity index (χ0v) is 18.1. The van der Waals surface area contributed by atoms with Crippen molar-refractivity contribution in [2.75, 3.05) is 13.7 Å². The number of hydrogen-bond acceptors (Lipinski definition) is 4. The van der Waals surface area contributed by atoms with Crippen LogP contribution >= 0.6 is 23.5 Å². The summed E-state index contributed by atoms with van der Waals surface area (Å²) in [5.74, 6) is 5.67. The van der Waals surface area contributed by atoms with Crippen molar-refractivity contribution < 1.29 is 14.6 Å². The molecule has 0 radical (unpaired) electrons. The van der Waals surface area contributed by atoms with Crippen LogP contribution in [0.3, 0.4) is 0 Å². The highest BCUT2D eigenvalue weighted by atomic mass is 35.5. The van der Waals surface area contributed by atoms with Gasteiger partial charge >= 0.3 is 5.97 Å². The van der Waals surface area contributed by atoms with E-state index in [1.54, 1.807) is 30.1 Å². The minimum absolute atomic E-state index is 0.411. The number of nitrogens with zero attached hydrogens (tertiary/aromatic N) is 1. The second-order valence-electron chi connectivity index (χ2n) is 7.13. The summed E-state index contributed by atoms with van der Waals surface area (Å²) in [6, 6.07) is 11.9. The van der Waals surface area contributed by atoms with Crippen LogP contribution in [0.4, 0.5) is 0 Å². The van der Waals surface area contributed by atoms with E-state index in [0.29, 0.717) is 22.4 Å². The molecule has 0 amide bonds. The monoisotopic (exact) mass is 429 g/mol. The second-order valence-corrected chi connectivity index (χ2v) is 8.79. The number of carbonyl (C=O) groups is 1. The van der Waals surface area contributed by atoms with Crippen LogP contribution in [0.1, 0.15) is 42.4 Å². The largest absolute Gasteiger partial charge is 0.481 e. The third-order valence-corrected chi connectivity index (χ3v) is 6.21. The summed E-state index contributed by atoms with van der Waals surface area (Å²) in [6.07, 6.45) is 5.14. The lowest BCUT2D eigenvalue weighted by Gasteiger charge is -2.22. The average Bonchev–Trinajstić information content (AvgIpc) is 3.22. The zero-order chi connectivity index (χ0) is 20.8. The Morgan fingerprint density at radius 2 is 1.93 bits per heavy atom. The van der Waals surface area contributed by atoms with E-state index < -0.39 is 12.6 Å². The van der Waals surface area contributed by atoms with E-state index in [1.165, 1.54) is 25.7 Å². The summed E-state index contributed by atoms with van der Waals surface area (Å²) in [5.41, 5.74) is 2.58. The van der Waals surface area contributed by atoms with Gasteiger partial charge in [0.1, 0.15) is 5.75 Å². The van der Waals surface area contributed by atoms with E-state index in [1.807, 2.05) is 6.92 Å². The minimum atomic E-state index is -1.04. The van der Waals surface area contributed by atoms with E-state index in [9.17, 15) is 4.79 Å². The first kappa shape index (κ1) is 21.6. The smallest absolute Gasteiger partial charge is 0.341 e. The quantitative estimate of drug-likeness (QED) is 0.492. The molecule has 0 aromatic heterocycles. The van der Waals surface area contributed by atoms with Crippen LogP contribution < -0.4 is 4.74 Å². The molecule has 4 nitrogen and oxygen atoms in total. The van der Waals surface area contributed by atoms with Crippen molar-refractivity contribution in [1.82, 2.24) is 4.31 Å². The summed E-state index contributed by atoms with van der Waals surface area (Å²) < 4.78 is 7.68. The minimum Gasteiger partial charge on any atom is -0.481 e. The van der Waals surface area contributed by atoms with Gasteiger partial charge in [0, 0.05) is 21.5 Å². The van der Waals surface area contributed by atoms with Gasteiger partial charge in [-0.05, 0) is 74.7 Å². The van der Waals surface area contributed by atoms with Crippen molar-refractivity contribution in [1.29, 1.82) is 0 Å². The lowest BCUT2D eigenvalue weighted by Crippen LogP contribution is -2.21. The molecule has 0 spiro atoms. The molecule has 1 N–H and O–H groups in total. The molecule has 0 bridgehead atoms. The number of rotatable bonds is 6. The number of carboxylic acids is 1. The van der Waals surface area contributed by atoms with Crippen LogP contribution in [-0.4, -0.2) is 35.1 Å². The molecule has 1 fully saturated rings. The molecular formula is C23H24ClNO3S. The highest BCUT2D eigenvalue weighted by Gasteiger charge is 2.20. The maximum absolute atomic E-state index is 10.8. The Kier molecular flexibility index (Phi) is 7.49. The molecule has 0 saturated heterocycles. The van der Waals surface area contributed by atoms with Gasteiger partial charge in [-0.25, -0.2) is 9.10 Å². The number of benzene rings is 2. The molecule has 0 atom stereocenters. The Morgan fingerprint density at radius 3 is 2.66 bits per heavy atom. The maximum Gasteiger partial charge on any atom is 0.341 e. The Bertz CT molecular complexity index is 945. The fraction of sp³-hybridized carbons (Fsp3) is 0.348. The standard InChI is InChI=1S/C23H24ClNO3S/c1-16-7-11-21(29-25(2)20-5-3-4-6-20)14-17(16)8-9-18-13-19(24)10-12-22(18)28-15-23(26)27/h7,10-14,20H,3-6,15H2,1-2H3,(H,26,27). The molecule has 0 aliphatic heterocycles. The lowest BCUT2D eigenvalue weighted by atomic mass is 10.1. The first-order valence-corrected chi connectivity index (χ1v) is 10.7. The summed E-state index contributed by atoms with van der Waals surface area (Å²) in [4.78, 5) is 12.0. The van der Waals surface area contributed by atoms with Gasteiger partial charge in [-0.3, -0.25) is 0 Å². The molecule has 0 heterocycles. The maximum atomic E-state index is 10.8. The normalized spacial score (nSPS) is 13.9. The van der Waals surface area contributed by atoms with Crippen LogP contribution in [0.25, 0.3) is 0 Å². The molecule has 1 aliphatic rings. The highest BCUT2D eigenvalue weighted by molar-refractivity contribution is 7.97. The van der Waals surface area contributed by atoms with E-state index in [-0.39, 0.29) is 0 Å². The highest BCUT2D eigenvalue weighted by Crippen LogP contribution is 2.31. The fourth-order valence-corrected chi connectivity index (χ4v) is 4.47. The number of hydrogen-bond donors (Lipinski definition) is 1. The van der Waals surface area contributed by atoms with Gasteiger partial charge in [0.05, 0.1) is 5.56 Å². The third-order valence-electron chi connectivity index (χ3n) is 4.92. The molecular weight excluding hydrogens is 406 g/mol. The van der Waals surface area contributed by atoms with Crippen LogP contribution in [0, 0.1) is 18.8 Å². The summed E-state index contributed by atoms with van der Waals surface area (Å²) in [6.45, 7) is 1.61. The van der Waals surface area contributed by atoms with Crippen LogP contribution in [0.2, 0.25) is 5.02 Å². The van der Waals surface area contributed by atoms with Gasteiger partial charge < -0.3 is 9.84 Å². The number of aliphatic carboxylic acids is 1. The molecule has 152 valence electrons. The number of aryl methyl sites for hydroxylation is 1. The van der Waals surface area contributed by atoms with Crippen molar-refractivity contribution in [3.8, 4) is 17.6 Å². The number of ether oxygens (including phenoxy) is 1. The van der Waals surface area contributed by atoms with Crippen molar-refractivity contribution in [2.24, 2.45) is 0 Å². The van der Waals surface area contributed by atoms with Crippen molar-refractivity contribution in [3.63, 3.8) is 0 Å². The molecule has 3 rings (SSSR count). The third kappa shape index (κ3) is 6.17. The van der Waals surface area contributed by atoms with E-state index in [4.69, 9.17) is 21.4 Å². The van der Waals surface area contributed by atoms with Gasteiger partial charge in [0.25, 0.3) is 0 Å². The van der Waals surface area contributed by atoms with Gasteiger partial charge in [-0.1, -0.05) is 42.3 Å². The second kappa shape index (κ2) is 10.1. The molecule has 29 heavy (non-hydrogen) atoms. The van der Waals surface area contributed by atoms with Crippen LogP contribution in [0.5, 0.6) is 5.75 Å². The topological polar surface area (TPSA) is 49.8 Å².